The van der Waals surface area contributed by atoms with Gasteiger partial charge in [0.15, 0.2) is 6.61 Å². The Morgan fingerprint density at radius 1 is 0.938 bits per heavy atom. The zero-order valence-corrected chi connectivity index (χ0v) is 17.8. The van der Waals surface area contributed by atoms with Crippen molar-refractivity contribution in [3.63, 3.8) is 0 Å². The van der Waals surface area contributed by atoms with E-state index in [9.17, 15) is 26.4 Å². The molecule has 2 N–H and O–H groups in total. The van der Waals surface area contributed by atoms with E-state index < -0.39 is 34.3 Å². The van der Waals surface area contributed by atoms with Gasteiger partial charge in [0.2, 0.25) is 0 Å². The fraction of sp³-hybridized carbons (Fsp3) is 0.0952. The van der Waals surface area contributed by atoms with E-state index in [1.807, 2.05) is 0 Å². The van der Waals surface area contributed by atoms with E-state index in [2.05, 4.69) is 10.0 Å². The van der Waals surface area contributed by atoms with Gasteiger partial charge in [-0.25, -0.2) is 8.42 Å². The van der Waals surface area contributed by atoms with E-state index in [1.54, 1.807) is 30.3 Å². The summed E-state index contributed by atoms with van der Waals surface area (Å²) in [7, 11) is -3.90. The van der Waals surface area contributed by atoms with E-state index in [4.69, 9.17) is 16.3 Å². The fourth-order valence-electron chi connectivity index (χ4n) is 2.60. The van der Waals surface area contributed by atoms with Gasteiger partial charge in [-0.3, -0.25) is 9.52 Å². The molecule has 0 heterocycles. The molecule has 1 amide bonds. The van der Waals surface area contributed by atoms with Crippen molar-refractivity contribution in [3.8, 4) is 5.75 Å². The van der Waals surface area contributed by atoms with Gasteiger partial charge in [0, 0.05) is 11.4 Å². The molecule has 0 aliphatic heterocycles. The number of amides is 1. The molecule has 0 atom stereocenters. The number of para-hydroxylation sites is 1. The lowest BCUT2D eigenvalue weighted by Crippen LogP contribution is -2.20. The Hall–Kier alpha value is -3.24. The van der Waals surface area contributed by atoms with Crippen LogP contribution in [0.5, 0.6) is 5.75 Å². The predicted octanol–water partition coefficient (Wildman–Crippen LogP) is 5.18. The van der Waals surface area contributed by atoms with Crippen LogP contribution in [-0.2, 0) is 21.0 Å². The van der Waals surface area contributed by atoms with Crippen LogP contribution in [-0.4, -0.2) is 20.9 Å². The number of carbonyl (C=O) groups excluding carboxylic acids is 1. The quantitative estimate of drug-likeness (QED) is 0.484. The first-order valence-corrected chi connectivity index (χ1v) is 10.9. The second-order valence-electron chi connectivity index (χ2n) is 6.48. The Morgan fingerprint density at radius 2 is 1.62 bits per heavy atom. The number of ether oxygens (including phenoxy) is 1. The summed E-state index contributed by atoms with van der Waals surface area (Å²) in [4.78, 5) is 11.9. The van der Waals surface area contributed by atoms with Crippen LogP contribution in [0.1, 0.15) is 5.56 Å². The van der Waals surface area contributed by atoms with Gasteiger partial charge in [-0.2, -0.15) is 13.2 Å². The van der Waals surface area contributed by atoms with Crippen LogP contribution in [0.2, 0.25) is 5.02 Å². The Morgan fingerprint density at radius 3 is 2.28 bits per heavy atom. The third kappa shape index (κ3) is 6.14. The molecule has 0 bridgehead atoms. The summed E-state index contributed by atoms with van der Waals surface area (Å²) >= 11 is 6.08. The second-order valence-corrected chi connectivity index (χ2v) is 8.57. The van der Waals surface area contributed by atoms with E-state index >= 15 is 0 Å². The van der Waals surface area contributed by atoms with Gasteiger partial charge >= 0.3 is 6.18 Å². The number of hydrogen-bond donors (Lipinski definition) is 2. The molecule has 3 rings (SSSR count). The minimum absolute atomic E-state index is 0.0320. The zero-order chi connectivity index (χ0) is 23.4. The largest absolute Gasteiger partial charge is 0.482 e. The first kappa shape index (κ1) is 23.4. The average Bonchev–Trinajstić information content (AvgIpc) is 2.73. The molecule has 11 heteroatoms. The maximum atomic E-state index is 12.8. The number of carbonyl (C=O) groups is 1. The Balaban J connectivity index is 1.63. The van der Waals surface area contributed by atoms with E-state index in [1.165, 1.54) is 24.3 Å². The maximum Gasteiger partial charge on any atom is 0.416 e. The van der Waals surface area contributed by atoms with Gasteiger partial charge in [0.25, 0.3) is 15.9 Å². The number of anilines is 2. The standard InChI is InChI=1S/C21H16ClF3N2O4S/c22-18-12-17(32(29,30)27-15-6-2-1-3-7-15)9-10-19(18)31-13-20(28)26-16-8-4-5-14(11-16)21(23,24)25/h1-12,27H,13H2,(H,26,28). The second kappa shape index (κ2) is 9.49. The molecule has 32 heavy (non-hydrogen) atoms. The molecular weight excluding hydrogens is 469 g/mol. The number of alkyl halides is 3. The third-order valence-corrected chi connectivity index (χ3v) is 5.75. The van der Waals surface area contributed by atoms with E-state index in [-0.39, 0.29) is 21.4 Å². The maximum absolute atomic E-state index is 12.8. The molecule has 0 unspecified atom stereocenters. The molecule has 0 saturated carbocycles. The van der Waals surface area contributed by atoms with Crippen molar-refractivity contribution < 1.29 is 31.1 Å². The number of hydrogen-bond acceptors (Lipinski definition) is 4. The molecule has 0 radical (unpaired) electrons. The number of sulfonamides is 1. The molecule has 0 aromatic heterocycles. The summed E-state index contributed by atoms with van der Waals surface area (Å²) in [5, 5.41) is 2.23. The topological polar surface area (TPSA) is 84.5 Å². The molecule has 168 valence electrons. The molecule has 6 nitrogen and oxygen atoms in total. The molecule has 0 fully saturated rings. The van der Waals surface area contributed by atoms with E-state index in [0.29, 0.717) is 5.69 Å². The summed E-state index contributed by atoms with van der Waals surface area (Å²) in [6.45, 7) is -0.551. The lowest BCUT2D eigenvalue weighted by Gasteiger charge is -2.12. The highest BCUT2D eigenvalue weighted by atomic mass is 35.5. The highest BCUT2D eigenvalue weighted by Gasteiger charge is 2.30. The van der Waals surface area contributed by atoms with Crippen LogP contribution in [0.15, 0.2) is 77.7 Å². The molecule has 0 saturated heterocycles. The fourth-order valence-corrected chi connectivity index (χ4v) is 3.98. The molecule has 0 spiro atoms. The van der Waals surface area contributed by atoms with Crippen LogP contribution in [0.25, 0.3) is 0 Å². The summed E-state index contributed by atoms with van der Waals surface area (Å²) in [5.41, 5.74) is -0.580. The minimum Gasteiger partial charge on any atom is -0.482 e. The van der Waals surface area contributed by atoms with Crippen molar-refractivity contribution in [2.24, 2.45) is 0 Å². The van der Waals surface area contributed by atoms with Gasteiger partial charge in [0.1, 0.15) is 5.75 Å². The van der Waals surface area contributed by atoms with Crippen LogP contribution >= 0.6 is 11.6 Å². The normalized spacial score (nSPS) is 11.6. The van der Waals surface area contributed by atoms with Crippen LogP contribution in [0.3, 0.4) is 0 Å². The van der Waals surface area contributed by atoms with Crippen LogP contribution < -0.4 is 14.8 Å². The summed E-state index contributed by atoms with van der Waals surface area (Å²) in [5.74, 6) is -0.688. The van der Waals surface area contributed by atoms with Gasteiger partial charge in [-0.05, 0) is 48.5 Å². The van der Waals surface area contributed by atoms with Crippen molar-refractivity contribution in [3.05, 3.63) is 83.4 Å². The monoisotopic (exact) mass is 484 g/mol. The van der Waals surface area contributed by atoms with Gasteiger partial charge < -0.3 is 10.1 Å². The lowest BCUT2D eigenvalue weighted by molar-refractivity contribution is -0.137. The van der Waals surface area contributed by atoms with Gasteiger partial charge in [-0.1, -0.05) is 35.9 Å². The van der Waals surface area contributed by atoms with Gasteiger partial charge in [0.05, 0.1) is 15.5 Å². The first-order chi connectivity index (χ1) is 15.0. The molecule has 0 aliphatic rings. The van der Waals surface area contributed by atoms with Crippen molar-refractivity contribution in [2.75, 3.05) is 16.6 Å². The van der Waals surface area contributed by atoms with Crippen molar-refractivity contribution in [2.45, 2.75) is 11.1 Å². The highest BCUT2D eigenvalue weighted by molar-refractivity contribution is 7.92. The zero-order valence-electron chi connectivity index (χ0n) is 16.2. The predicted molar refractivity (Wildman–Crippen MR) is 114 cm³/mol. The number of nitrogens with one attached hydrogen (secondary N) is 2. The van der Waals surface area contributed by atoms with Crippen molar-refractivity contribution >= 4 is 38.9 Å². The summed E-state index contributed by atoms with van der Waals surface area (Å²) in [6, 6.07) is 16.1. The highest BCUT2D eigenvalue weighted by Crippen LogP contribution is 2.31. The van der Waals surface area contributed by atoms with Crippen LogP contribution in [0, 0.1) is 0 Å². The molecule has 0 aliphatic carbocycles. The van der Waals surface area contributed by atoms with E-state index in [0.717, 1.165) is 18.2 Å². The van der Waals surface area contributed by atoms with Gasteiger partial charge in [-0.15, -0.1) is 0 Å². The third-order valence-electron chi connectivity index (χ3n) is 4.07. The SMILES string of the molecule is O=C(COc1ccc(S(=O)(=O)Nc2ccccc2)cc1Cl)Nc1cccc(C(F)(F)F)c1. The number of halogens is 4. The summed E-state index contributed by atoms with van der Waals surface area (Å²) < 4.78 is 70.9. The molecule has 3 aromatic rings. The molecule has 3 aromatic carbocycles. The Labute approximate surface area is 187 Å². The Bertz CT molecular complexity index is 1220. The lowest BCUT2D eigenvalue weighted by atomic mass is 10.2. The first-order valence-electron chi connectivity index (χ1n) is 9.02. The number of rotatable bonds is 7. The average molecular weight is 485 g/mol. The number of benzene rings is 3. The summed E-state index contributed by atoms with van der Waals surface area (Å²) in [6.07, 6.45) is -4.54. The van der Waals surface area contributed by atoms with Crippen LogP contribution in [0.4, 0.5) is 24.5 Å². The Kier molecular flexibility index (Phi) is 6.95. The minimum atomic E-state index is -4.54. The molecular formula is C21H16ClF3N2O4S. The smallest absolute Gasteiger partial charge is 0.416 e. The van der Waals surface area contributed by atoms with Crippen molar-refractivity contribution in [1.29, 1.82) is 0 Å². The van der Waals surface area contributed by atoms with Crippen molar-refractivity contribution in [1.82, 2.24) is 0 Å².